The molecule has 0 aliphatic rings. The van der Waals surface area contributed by atoms with Crippen molar-refractivity contribution in [3.05, 3.63) is 59.2 Å². The third-order valence-electron chi connectivity index (χ3n) is 3.38. The molecule has 0 aliphatic heterocycles. The minimum atomic E-state index is 0.620. The zero-order valence-corrected chi connectivity index (χ0v) is 13.4. The van der Waals surface area contributed by atoms with E-state index >= 15 is 0 Å². The highest BCUT2D eigenvalue weighted by Crippen LogP contribution is 2.14. The fourth-order valence-corrected chi connectivity index (χ4v) is 2.11. The molecule has 2 N–H and O–H groups in total. The summed E-state index contributed by atoms with van der Waals surface area (Å²) in [6, 6.07) is 14.1. The van der Waals surface area contributed by atoms with Crippen LogP contribution in [-0.4, -0.2) is 12.2 Å². The molecule has 0 radical (unpaired) electrons. The predicted molar refractivity (Wildman–Crippen MR) is 92.0 cm³/mol. The van der Waals surface area contributed by atoms with Crippen LogP contribution in [0, 0.1) is 13.8 Å². The third kappa shape index (κ3) is 4.46. The summed E-state index contributed by atoms with van der Waals surface area (Å²) in [6.45, 7) is 4.87. The van der Waals surface area contributed by atoms with Crippen LogP contribution in [0.4, 0.5) is 5.69 Å². The molecule has 2 aromatic carbocycles. The molecule has 0 heterocycles. The standard InChI is InChI=1S/C17H20N2OS/c1-12-4-7-15(10-13(12)2)19-17(21)18-11-14-5-8-16(20-3)9-6-14/h4-10H,11H2,1-3H3,(H2,18,19,21). The van der Waals surface area contributed by atoms with E-state index in [2.05, 4.69) is 36.6 Å². The summed E-state index contributed by atoms with van der Waals surface area (Å²) < 4.78 is 5.14. The lowest BCUT2D eigenvalue weighted by atomic mass is 10.1. The number of hydrogen-bond donors (Lipinski definition) is 2. The van der Waals surface area contributed by atoms with Crippen molar-refractivity contribution in [1.29, 1.82) is 0 Å². The predicted octanol–water partition coefficient (Wildman–Crippen LogP) is 3.80. The Morgan fingerprint density at radius 3 is 2.38 bits per heavy atom. The molecule has 0 amide bonds. The summed E-state index contributed by atoms with van der Waals surface area (Å²) in [7, 11) is 1.66. The van der Waals surface area contributed by atoms with Gasteiger partial charge in [-0.05, 0) is 67.0 Å². The zero-order chi connectivity index (χ0) is 15.2. The van der Waals surface area contributed by atoms with E-state index in [1.807, 2.05) is 30.3 Å². The average Bonchev–Trinajstić information content (AvgIpc) is 2.49. The number of methoxy groups -OCH3 is 1. The Kier molecular flexibility index (Phi) is 5.17. The minimum absolute atomic E-state index is 0.620. The Balaban J connectivity index is 1.87. The Bertz CT molecular complexity index is 623. The Morgan fingerprint density at radius 2 is 1.76 bits per heavy atom. The second-order valence-corrected chi connectivity index (χ2v) is 5.36. The number of aryl methyl sites for hydroxylation is 2. The van der Waals surface area contributed by atoms with Crippen molar-refractivity contribution in [2.45, 2.75) is 20.4 Å². The molecule has 0 aliphatic carbocycles. The fraction of sp³-hybridized carbons (Fsp3) is 0.235. The van der Waals surface area contributed by atoms with Crippen molar-refractivity contribution in [3.63, 3.8) is 0 Å². The van der Waals surface area contributed by atoms with Gasteiger partial charge in [0.1, 0.15) is 5.75 Å². The van der Waals surface area contributed by atoms with Crippen LogP contribution in [0.2, 0.25) is 0 Å². The minimum Gasteiger partial charge on any atom is -0.497 e. The van der Waals surface area contributed by atoms with Gasteiger partial charge in [-0.1, -0.05) is 18.2 Å². The fourth-order valence-electron chi connectivity index (χ4n) is 1.92. The van der Waals surface area contributed by atoms with E-state index in [0.29, 0.717) is 11.7 Å². The van der Waals surface area contributed by atoms with Gasteiger partial charge in [-0.25, -0.2) is 0 Å². The van der Waals surface area contributed by atoms with E-state index in [4.69, 9.17) is 17.0 Å². The van der Waals surface area contributed by atoms with Crippen LogP contribution in [0.1, 0.15) is 16.7 Å². The van der Waals surface area contributed by atoms with Gasteiger partial charge in [0.15, 0.2) is 5.11 Å². The van der Waals surface area contributed by atoms with Gasteiger partial charge in [0, 0.05) is 12.2 Å². The first-order valence-corrected chi connectivity index (χ1v) is 7.24. The van der Waals surface area contributed by atoms with Gasteiger partial charge in [-0.2, -0.15) is 0 Å². The maximum absolute atomic E-state index is 5.31. The van der Waals surface area contributed by atoms with Crippen molar-refractivity contribution >= 4 is 23.0 Å². The van der Waals surface area contributed by atoms with E-state index in [9.17, 15) is 0 Å². The van der Waals surface area contributed by atoms with Crippen LogP contribution in [0.3, 0.4) is 0 Å². The van der Waals surface area contributed by atoms with Crippen LogP contribution in [0.5, 0.6) is 5.75 Å². The summed E-state index contributed by atoms with van der Waals surface area (Å²) in [4.78, 5) is 0. The van der Waals surface area contributed by atoms with Gasteiger partial charge in [0.2, 0.25) is 0 Å². The second kappa shape index (κ2) is 7.09. The largest absolute Gasteiger partial charge is 0.497 e. The smallest absolute Gasteiger partial charge is 0.171 e. The molecule has 3 nitrogen and oxygen atoms in total. The summed E-state index contributed by atoms with van der Waals surface area (Å²) in [5, 5.41) is 7.02. The maximum atomic E-state index is 5.31. The summed E-state index contributed by atoms with van der Waals surface area (Å²) in [5.41, 5.74) is 4.68. The summed E-state index contributed by atoms with van der Waals surface area (Å²) in [6.07, 6.45) is 0. The van der Waals surface area contributed by atoms with Gasteiger partial charge in [-0.3, -0.25) is 0 Å². The lowest BCUT2D eigenvalue weighted by Gasteiger charge is -2.12. The SMILES string of the molecule is COc1ccc(CNC(=S)Nc2ccc(C)c(C)c2)cc1. The molecule has 0 fully saturated rings. The van der Waals surface area contributed by atoms with Gasteiger partial charge < -0.3 is 15.4 Å². The van der Waals surface area contributed by atoms with E-state index in [0.717, 1.165) is 17.0 Å². The number of ether oxygens (including phenoxy) is 1. The molecule has 0 bridgehead atoms. The first-order chi connectivity index (χ1) is 10.1. The molecule has 21 heavy (non-hydrogen) atoms. The average molecular weight is 300 g/mol. The topological polar surface area (TPSA) is 33.3 Å². The second-order valence-electron chi connectivity index (χ2n) is 4.95. The molecule has 0 atom stereocenters. The quantitative estimate of drug-likeness (QED) is 0.842. The van der Waals surface area contributed by atoms with Gasteiger partial charge in [-0.15, -0.1) is 0 Å². The Labute approximate surface area is 131 Å². The van der Waals surface area contributed by atoms with Gasteiger partial charge in [0.25, 0.3) is 0 Å². The molecule has 0 aromatic heterocycles. The summed E-state index contributed by atoms with van der Waals surface area (Å²) in [5.74, 6) is 0.856. The summed E-state index contributed by atoms with van der Waals surface area (Å²) >= 11 is 5.31. The van der Waals surface area contributed by atoms with Gasteiger partial charge >= 0.3 is 0 Å². The number of anilines is 1. The Hall–Kier alpha value is -2.07. The number of benzene rings is 2. The van der Waals surface area contributed by atoms with E-state index in [-0.39, 0.29) is 0 Å². The maximum Gasteiger partial charge on any atom is 0.171 e. The molecular weight excluding hydrogens is 280 g/mol. The van der Waals surface area contributed by atoms with Crippen LogP contribution < -0.4 is 15.4 Å². The monoisotopic (exact) mass is 300 g/mol. The van der Waals surface area contributed by atoms with Crippen molar-refractivity contribution in [1.82, 2.24) is 5.32 Å². The number of hydrogen-bond acceptors (Lipinski definition) is 2. The van der Waals surface area contributed by atoms with Crippen molar-refractivity contribution in [3.8, 4) is 5.75 Å². The molecule has 0 saturated heterocycles. The van der Waals surface area contributed by atoms with Crippen molar-refractivity contribution < 1.29 is 4.74 Å². The van der Waals surface area contributed by atoms with E-state index in [1.54, 1.807) is 7.11 Å². The Morgan fingerprint density at radius 1 is 1.05 bits per heavy atom. The van der Waals surface area contributed by atoms with Crippen LogP contribution in [0.15, 0.2) is 42.5 Å². The molecule has 110 valence electrons. The lowest BCUT2D eigenvalue weighted by Crippen LogP contribution is -2.27. The highest BCUT2D eigenvalue weighted by molar-refractivity contribution is 7.80. The number of nitrogens with one attached hydrogen (secondary N) is 2. The first-order valence-electron chi connectivity index (χ1n) is 6.83. The molecule has 0 unspecified atom stereocenters. The first kappa shape index (κ1) is 15.3. The van der Waals surface area contributed by atoms with Crippen LogP contribution >= 0.6 is 12.2 Å². The molecule has 2 rings (SSSR count). The van der Waals surface area contributed by atoms with E-state index in [1.165, 1.54) is 11.1 Å². The third-order valence-corrected chi connectivity index (χ3v) is 3.62. The van der Waals surface area contributed by atoms with Crippen molar-refractivity contribution in [2.24, 2.45) is 0 Å². The van der Waals surface area contributed by atoms with Crippen LogP contribution in [0.25, 0.3) is 0 Å². The zero-order valence-electron chi connectivity index (χ0n) is 12.6. The normalized spacial score (nSPS) is 10.0. The molecule has 4 heteroatoms. The molecule has 0 saturated carbocycles. The lowest BCUT2D eigenvalue weighted by molar-refractivity contribution is 0.414. The highest BCUT2D eigenvalue weighted by Gasteiger charge is 2.00. The highest BCUT2D eigenvalue weighted by atomic mass is 32.1. The molecular formula is C17H20N2OS. The molecule has 2 aromatic rings. The number of thiocarbonyl (C=S) groups is 1. The van der Waals surface area contributed by atoms with Crippen LogP contribution in [-0.2, 0) is 6.54 Å². The number of rotatable bonds is 4. The van der Waals surface area contributed by atoms with Gasteiger partial charge in [0.05, 0.1) is 7.11 Å². The van der Waals surface area contributed by atoms with E-state index < -0.39 is 0 Å². The molecule has 0 spiro atoms. The van der Waals surface area contributed by atoms with Crippen molar-refractivity contribution in [2.75, 3.05) is 12.4 Å².